The Morgan fingerprint density at radius 1 is 1.24 bits per heavy atom. The number of nitrogens with one attached hydrogen (secondary N) is 2. The van der Waals surface area contributed by atoms with Gasteiger partial charge in [-0.05, 0) is 66.7 Å². The quantitative estimate of drug-likeness (QED) is 0.702. The van der Waals surface area contributed by atoms with Crippen LogP contribution in [0.25, 0.3) is 0 Å². The van der Waals surface area contributed by atoms with E-state index < -0.39 is 17.6 Å². The summed E-state index contributed by atoms with van der Waals surface area (Å²) < 4.78 is 38.6. The molecule has 1 saturated heterocycles. The van der Waals surface area contributed by atoms with E-state index in [2.05, 4.69) is 10.6 Å². The van der Waals surface area contributed by atoms with Crippen LogP contribution in [0.5, 0.6) is 0 Å². The normalized spacial score (nSPS) is 16.2. The highest BCUT2D eigenvalue weighted by atomic mass is 127. The van der Waals surface area contributed by atoms with E-state index in [1.165, 1.54) is 6.07 Å². The van der Waals surface area contributed by atoms with Gasteiger partial charge in [0.2, 0.25) is 0 Å². The molecule has 21 heavy (non-hydrogen) atoms. The first-order chi connectivity index (χ1) is 9.36. The Balaban J connectivity index is 0.00000220. The highest BCUT2D eigenvalue weighted by Crippen LogP contribution is 2.31. The largest absolute Gasteiger partial charge is 0.416 e. The molecule has 0 radical (unpaired) electrons. The summed E-state index contributed by atoms with van der Waals surface area (Å²) in [5, 5.41) is 5.96. The van der Waals surface area contributed by atoms with Crippen molar-refractivity contribution in [2.45, 2.75) is 25.1 Å². The molecule has 1 aliphatic rings. The molecule has 0 saturated carbocycles. The minimum Gasteiger partial charge on any atom is -0.349 e. The zero-order valence-corrected chi connectivity index (χ0v) is 13.9. The van der Waals surface area contributed by atoms with Crippen molar-refractivity contribution >= 4 is 40.9 Å². The van der Waals surface area contributed by atoms with Gasteiger partial charge in [0.15, 0.2) is 0 Å². The first-order valence-electron chi connectivity index (χ1n) is 6.25. The summed E-state index contributed by atoms with van der Waals surface area (Å²) in [7, 11) is 0. The maximum Gasteiger partial charge on any atom is 0.416 e. The van der Waals surface area contributed by atoms with Crippen LogP contribution in [0.4, 0.5) is 13.2 Å². The van der Waals surface area contributed by atoms with E-state index in [0.29, 0.717) is 3.57 Å². The molecular weight excluding hydrogens is 420 g/mol. The molecule has 8 heteroatoms. The molecule has 0 aliphatic carbocycles. The number of benzene rings is 1. The molecule has 0 bridgehead atoms. The zero-order valence-electron chi connectivity index (χ0n) is 11.0. The summed E-state index contributed by atoms with van der Waals surface area (Å²) in [5.41, 5.74) is -0.734. The van der Waals surface area contributed by atoms with Crippen molar-refractivity contribution in [3.05, 3.63) is 32.9 Å². The lowest BCUT2D eigenvalue weighted by atomic mass is 10.1. The van der Waals surface area contributed by atoms with Crippen LogP contribution in [0.1, 0.15) is 28.8 Å². The van der Waals surface area contributed by atoms with E-state index in [1.54, 1.807) is 22.6 Å². The summed E-state index contributed by atoms with van der Waals surface area (Å²) in [6, 6.07) is 3.42. The Bertz CT molecular complexity index is 505. The average molecular weight is 435 g/mol. The molecule has 118 valence electrons. The summed E-state index contributed by atoms with van der Waals surface area (Å²) in [6.45, 7) is 1.62. The van der Waals surface area contributed by atoms with Crippen LogP contribution in [0.3, 0.4) is 0 Å². The monoisotopic (exact) mass is 434 g/mol. The van der Waals surface area contributed by atoms with Gasteiger partial charge in [-0.25, -0.2) is 0 Å². The molecule has 0 spiro atoms. The predicted octanol–water partition coefficient (Wildman–Crippen LogP) is 3.21. The van der Waals surface area contributed by atoms with Gasteiger partial charge in [0.25, 0.3) is 5.91 Å². The van der Waals surface area contributed by atoms with E-state index in [9.17, 15) is 18.0 Å². The minimum atomic E-state index is -4.44. The first-order valence-corrected chi connectivity index (χ1v) is 7.33. The number of halogens is 5. The van der Waals surface area contributed by atoms with Crippen LogP contribution in [0.15, 0.2) is 18.2 Å². The van der Waals surface area contributed by atoms with Gasteiger partial charge in [0.05, 0.1) is 5.56 Å². The highest BCUT2D eigenvalue weighted by molar-refractivity contribution is 14.1. The van der Waals surface area contributed by atoms with E-state index in [4.69, 9.17) is 0 Å². The second-order valence-electron chi connectivity index (χ2n) is 4.72. The molecule has 0 atom stereocenters. The lowest BCUT2D eigenvalue weighted by Crippen LogP contribution is -2.42. The summed E-state index contributed by atoms with van der Waals surface area (Å²) in [6.07, 6.45) is -2.85. The van der Waals surface area contributed by atoms with E-state index in [0.717, 1.165) is 38.1 Å². The van der Waals surface area contributed by atoms with Crippen molar-refractivity contribution in [1.82, 2.24) is 10.6 Å². The number of piperidine rings is 1. The number of carbonyl (C=O) groups excluding carboxylic acids is 1. The van der Waals surface area contributed by atoms with Crippen molar-refractivity contribution in [3.63, 3.8) is 0 Å². The van der Waals surface area contributed by atoms with Gasteiger partial charge in [0, 0.05) is 15.2 Å². The molecule has 3 nitrogen and oxygen atoms in total. The Morgan fingerprint density at radius 2 is 1.86 bits per heavy atom. The number of amides is 1. The van der Waals surface area contributed by atoms with Crippen LogP contribution < -0.4 is 10.6 Å². The molecule has 1 aromatic rings. The van der Waals surface area contributed by atoms with Crippen molar-refractivity contribution in [2.75, 3.05) is 13.1 Å². The van der Waals surface area contributed by atoms with Gasteiger partial charge in [0.1, 0.15) is 0 Å². The number of alkyl halides is 3. The maximum atomic E-state index is 12.7. The zero-order chi connectivity index (χ0) is 14.8. The lowest BCUT2D eigenvalue weighted by Gasteiger charge is -2.23. The number of carbonyl (C=O) groups is 1. The van der Waals surface area contributed by atoms with Crippen LogP contribution in [-0.4, -0.2) is 25.0 Å². The number of hydrogen-bond acceptors (Lipinski definition) is 2. The summed E-state index contributed by atoms with van der Waals surface area (Å²) >= 11 is 1.79. The van der Waals surface area contributed by atoms with Crippen LogP contribution in [0.2, 0.25) is 0 Å². The Morgan fingerprint density at radius 3 is 2.43 bits per heavy atom. The van der Waals surface area contributed by atoms with Gasteiger partial charge >= 0.3 is 6.18 Å². The van der Waals surface area contributed by atoms with Gasteiger partial charge in [-0.2, -0.15) is 13.2 Å². The molecule has 1 aromatic carbocycles. The van der Waals surface area contributed by atoms with Gasteiger partial charge < -0.3 is 10.6 Å². The Labute approximate surface area is 140 Å². The molecule has 0 aromatic heterocycles. The van der Waals surface area contributed by atoms with Gasteiger partial charge in [-0.3, -0.25) is 4.79 Å². The van der Waals surface area contributed by atoms with Crippen LogP contribution in [0, 0.1) is 3.57 Å². The summed E-state index contributed by atoms with van der Waals surface area (Å²) in [4.78, 5) is 12.0. The molecule has 2 N–H and O–H groups in total. The maximum absolute atomic E-state index is 12.7. The van der Waals surface area contributed by atoms with E-state index in [1.807, 2.05) is 0 Å². The van der Waals surface area contributed by atoms with Crippen molar-refractivity contribution in [2.24, 2.45) is 0 Å². The fraction of sp³-hybridized carbons (Fsp3) is 0.462. The smallest absolute Gasteiger partial charge is 0.349 e. The van der Waals surface area contributed by atoms with Gasteiger partial charge in [-0.1, -0.05) is 0 Å². The van der Waals surface area contributed by atoms with E-state index >= 15 is 0 Å². The summed E-state index contributed by atoms with van der Waals surface area (Å²) in [5.74, 6) is -0.444. The van der Waals surface area contributed by atoms with Crippen molar-refractivity contribution < 1.29 is 18.0 Å². The predicted molar refractivity (Wildman–Crippen MR) is 84.8 cm³/mol. The SMILES string of the molecule is Cl.O=C(NC1CCNCC1)c1cc(I)cc(C(F)(F)F)c1. The molecule has 2 rings (SSSR count). The van der Waals surface area contributed by atoms with Gasteiger partial charge in [-0.15, -0.1) is 12.4 Å². The fourth-order valence-corrected chi connectivity index (χ4v) is 2.79. The topological polar surface area (TPSA) is 41.1 Å². The second kappa shape index (κ2) is 7.64. The standard InChI is InChI=1S/C13H14F3IN2O.ClH/c14-13(15,16)9-5-8(6-10(17)7-9)12(20)19-11-1-3-18-4-2-11;/h5-7,11,18H,1-4H2,(H,19,20);1H. The van der Waals surface area contributed by atoms with Crippen LogP contribution in [-0.2, 0) is 6.18 Å². The third kappa shape index (κ3) is 5.30. The molecule has 1 aliphatic heterocycles. The molecule has 1 heterocycles. The van der Waals surface area contributed by atoms with Crippen LogP contribution >= 0.6 is 35.0 Å². The molecule has 1 fully saturated rings. The van der Waals surface area contributed by atoms with Crippen molar-refractivity contribution in [1.29, 1.82) is 0 Å². The highest BCUT2D eigenvalue weighted by Gasteiger charge is 2.31. The Hall–Kier alpha value is -0.540. The van der Waals surface area contributed by atoms with E-state index in [-0.39, 0.29) is 24.0 Å². The Kier molecular flexibility index (Phi) is 6.73. The fourth-order valence-electron chi connectivity index (χ4n) is 2.12. The third-order valence-corrected chi connectivity index (χ3v) is 3.78. The number of hydrogen-bond donors (Lipinski definition) is 2. The second-order valence-corrected chi connectivity index (χ2v) is 5.97. The number of rotatable bonds is 2. The average Bonchev–Trinajstić information content (AvgIpc) is 2.38. The first kappa shape index (κ1) is 18.5. The van der Waals surface area contributed by atoms with Crippen molar-refractivity contribution in [3.8, 4) is 0 Å². The molecular formula is C13H15ClF3IN2O. The third-order valence-electron chi connectivity index (χ3n) is 3.16. The lowest BCUT2D eigenvalue weighted by molar-refractivity contribution is -0.137. The molecule has 0 unspecified atom stereocenters. The minimum absolute atomic E-state index is 0. The molecule has 1 amide bonds.